The number of thioether (sulfide) groups is 1. The van der Waals surface area contributed by atoms with Gasteiger partial charge >= 0.3 is 0 Å². The van der Waals surface area contributed by atoms with Crippen molar-refractivity contribution < 1.29 is 22.3 Å². The van der Waals surface area contributed by atoms with Crippen molar-refractivity contribution in [3.8, 4) is 5.88 Å². The summed E-state index contributed by atoms with van der Waals surface area (Å²) in [4.78, 5) is 17.3. The fourth-order valence-corrected chi connectivity index (χ4v) is 5.93. The zero-order valence-electron chi connectivity index (χ0n) is 19.0. The molecule has 3 atom stereocenters. The molecule has 7 nitrogen and oxygen atoms in total. The predicted octanol–water partition coefficient (Wildman–Crippen LogP) is 5.13. The molecule has 3 N–H and O–H groups in total. The van der Waals surface area contributed by atoms with Crippen LogP contribution in [-0.4, -0.2) is 37.4 Å². The Morgan fingerprint density at radius 3 is 2.71 bits per heavy atom. The maximum Gasteiger partial charge on any atom is 0.253 e. The van der Waals surface area contributed by atoms with Gasteiger partial charge in [-0.25, -0.2) is 32.5 Å². The van der Waals surface area contributed by atoms with E-state index in [1.807, 2.05) is 13.8 Å². The molecule has 2 aromatic heterocycles. The van der Waals surface area contributed by atoms with Crippen LogP contribution in [0.15, 0.2) is 35.6 Å². The van der Waals surface area contributed by atoms with Gasteiger partial charge in [-0.15, -0.1) is 0 Å². The molecule has 1 fully saturated rings. The number of pyridine rings is 1. The Morgan fingerprint density at radius 2 is 2.00 bits per heavy atom. The lowest BCUT2D eigenvalue weighted by atomic mass is 9.85. The van der Waals surface area contributed by atoms with Crippen LogP contribution < -0.4 is 15.8 Å². The smallest absolute Gasteiger partial charge is 0.253 e. The number of ether oxygens (including phenoxy) is 1. The van der Waals surface area contributed by atoms with Gasteiger partial charge in [0.15, 0.2) is 22.6 Å². The molecule has 35 heavy (non-hydrogen) atoms. The number of rotatable bonds is 6. The van der Waals surface area contributed by atoms with Crippen LogP contribution in [0.3, 0.4) is 0 Å². The zero-order chi connectivity index (χ0) is 25.1. The molecule has 0 radical (unpaired) electrons. The first kappa shape index (κ1) is 23.6. The molecular formula is C23H22F4N6OS. The number of fused-ring (bicyclic) bond motifs is 2. The SMILES string of the molecule is CC(C)Oc1cnc2c(Nc3cc(F)c(F)c([C@]4(C)N=C(N)S[C@@]5(C(F)F)C[C@@H]45)c3)nccc2n1. The Bertz CT molecular complexity index is 1360. The van der Waals surface area contributed by atoms with Gasteiger partial charge in [0.1, 0.15) is 5.52 Å². The average Bonchev–Trinajstić information content (AvgIpc) is 3.52. The Balaban J connectivity index is 1.54. The van der Waals surface area contributed by atoms with E-state index < -0.39 is 34.3 Å². The molecule has 5 rings (SSSR count). The third-order valence-electron chi connectivity index (χ3n) is 6.27. The third kappa shape index (κ3) is 3.93. The maximum atomic E-state index is 15.0. The van der Waals surface area contributed by atoms with Crippen LogP contribution in [-0.2, 0) is 5.54 Å². The molecule has 0 amide bonds. The number of nitrogens with two attached hydrogens (primary N) is 1. The fraction of sp³-hybridized carbons (Fsp3) is 0.391. The van der Waals surface area contributed by atoms with Crippen molar-refractivity contribution in [2.24, 2.45) is 16.6 Å². The maximum absolute atomic E-state index is 15.0. The van der Waals surface area contributed by atoms with Gasteiger partial charge in [0, 0.05) is 29.4 Å². The Kier molecular flexibility index (Phi) is 5.53. The van der Waals surface area contributed by atoms with Gasteiger partial charge < -0.3 is 15.8 Å². The van der Waals surface area contributed by atoms with Gasteiger partial charge in [-0.05, 0) is 39.3 Å². The van der Waals surface area contributed by atoms with E-state index >= 15 is 4.39 Å². The van der Waals surface area contributed by atoms with Crippen LogP contribution in [0.4, 0.5) is 29.1 Å². The van der Waals surface area contributed by atoms with Crippen LogP contribution in [0.1, 0.15) is 32.8 Å². The van der Waals surface area contributed by atoms with E-state index in [1.54, 1.807) is 6.07 Å². The monoisotopic (exact) mass is 506 g/mol. The molecule has 1 aliphatic carbocycles. The Hall–Kier alpha value is -3.15. The lowest BCUT2D eigenvalue weighted by Gasteiger charge is -2.34. The molecular weight excluding hydrogens is 484 g/mol. The summed E-state index contributed by atoms with van der Waals surface area (Å²) in [7, 11) is 0. The molecule has 0 bridgehead atoms. The van der Waals surface area contributed by atoms with Crippen LogP contribution in [0.2, 0.25) is 0 Å². The van der Waals surface area contributed by atoms with E-state index in [9.17, 15) is 13.2 Å². The molecule has 1 saturated carbocycles. The van der Waals surface area contributed by atoms with Crippen molar-refractivity contribution in [3.63, 3.8) is 0 Å². The Morgan fingerprint density at radius 1 is 1.23 bits per heavy atom. The van der Waals surface area contributed by atoms with Crippen LogP contribution in [0.25, 0.3) is 11.0 Å². The fourth-order valence-electron chi connectivity index (χ4n) is 4.59. The van der Waals surface area contributed by atoms with Gasteiger partial charge in [-0.1, -0.05) is 11.8 Å². The summed E-state index contributed by atoms with van der Waals surface area (Å²) < 4.78 is 61.6. The van der Waals surface area contributed by atoms with Crippen molar-refractivity contribution in [2.45, 2.75) is 50.0 Å². The second-order valence-corrected chi connectivity index (χ2v) is 10.4. The number of anilines is 2. The number of hydrogen-bond acceptors (Lipinski definition) is 8. The summed E-state index contributed by atoms with van der Waals surface area (Å²) >= 11 is 0.801. The number of alkyl halides is 2. The summed E-state index contributed by atoms with van der Waals surface area (Å²) in [6.07, 6.45) is 0.263. The molecule has 12 heteroatoms. The molecule has 184 valence electrons. The summed E-state index contributed by atoms with van der Waals surface area (Å²) in [5, 5.41) is 2.87. The summed E-state index contributed by atoms with van der Waals surface area (Å²) in [6.45, 7) is 5.23. The highest BCUT2D eigenvalue weighted by Crippen LogP contribution is 2.68. The minimum Gasteiger partial charge on any atom is -0.474 e. The summed E-state index contributed by atoms with van der Waals surface area (Å²) in [6, 6.07) is 3.96. The van der Waals surface area contributed by atoms with E-state index in [0.29, 0.717) is 16.9 Å². The molecule has 0 spiro atoms. The number of nitrogens with zero attached hydrogens (tertiary/aromatic N) is 4. The molecule has 0 unspecified atom stereocenters. The van der Waals surface area contributed by atoms with E-state index in [4.69, 9.17) is 10.5 Å². The number of aromatic nitrogens is 3. The number of hydrogen-bond donors (Lipinski definition) is 2. The number of nitrogens with one attached hydrogen (secondary N) is 1. The molecule has 3 aromatic rings. The topological polar surface area (TPSA) is 98.3 Å². The van der Waals surface area contributed by atoms with Crippen molar-refractivity contribution in [2.75, 3.05) is 5.32 Å². The first-order chi connectivity index (χ1) is 16.5. The van der Waals surface area contributed by atoms with E-state index in [2.05, 4.69) is 25.3 Å². The van der Waals surface area contributed by atoms with E-state index in [1.165, 1.54) is 25.4 Å². The van der Waals surface area contributed by atoms with Gasteiger partial charge in [-0.3, -0.25) is 4.99 Å². The largest absolute Gasteiger partial charge is 0.474 e. The number of amidine groups is 1. The lowest BCUT2D eigenvalue weighted by molar-refractivity contribution is 0.123. The molecule has 1 aromatic carbocycles. The van der Waals surface area contributed by atoms with E-state index in [-0.39, 0.29) is 34.8 Å². The minimum absolute atomic E-state index is 0.0786. The highest BCUT2D eigenvalue weighted by molar-refractivity contribution is 8.15. The zero-order valence-corrected chi connectivity index (χ0v) is 19.8. The molecule has 2 aliphatic rings. The van der Waals surface area contributed by atoms with Crippen molar-refractivity contribution in [1.82, 2.24) is 15.0 Å². The van der Waals surface area contributed by atoms with Gasteiger partial charge in [0.2, 0.25) is 5.88 Å². The molecule has 3 heterocycles. The number of aliphatic imine (C=N–C) groups is 1. The highest BCUT2D eigenvalue weighted by atomic mass is 32.2. The predicted molar refractivity (Wildman–Crippen MR) is 126 cm³/mol. The van der Waals surface area contributed by atoms with Crippen LogP contribution >= 0.6 is 11.8 Å². The Labute approximate surface area is 202 Å². The average molecular weight is 507 g/mol. The summed E-state index contributed by atoms with van der Waals surface area (Å²) in [5.41, 5.74) is 5.26. The minimum atomic E-state index is -2.68. The van der Waals surface area contributed by atoms with Gasteiger partial charge in [0.25, 0.3) is 6.43 Å². The quantitative estimate of drug-likeness (QED) is 0.447. The first-order valence-electron chi connectivity index (χ1n) is 10.9. The second-order valence-electron chi connectivity index (χ2n) is 9.06. The van der Waals surface area contributed by atoms with Gasteiger partial charge in [-0.2, -0.15) is 0 Å². The highest BCUT2D eigenvalue weighted by Gasteiger charge is 2.71. The van der Waals surface area contributed by atoms with Gasteiger partial charge in [0.05, 0.1) is 28.1 Å². The lowest BCUT2D eigenvalue weighted by Crippen LogP contribution is -2.39. The van der Waals surface area contributed by atoms with Crippen LogP contribution in [0.5, 0.6) is 5.88 Å². The van der Waals surface area contributed by atoms with Crippen molar-refractivity contribution in [1.29, 1.82) is 0 Å². The standard InChI is InChI=1S/C23H22F4N6OS/c1-10(2)34-16-9-30-18-14(32-16)4-5-29-19(18)31-11-6-12(17(25)13(24)7-11)22(3)15-8-23(15,20(26)27)35-21(28)33-22/h4-7,9-10,15,20H,8H2,1-3H3,(H2,28,33)(H,29,31)/t15-,22-,23-/m0/s1. The van der Waals surface area contributed by atoms with Crippen molar-refractivity contribution >= 4 is 39.5 Å². The first-order valence-corrected chi connectivity index (χ1v) is 11.7. The normalized spacial score (nSPS) is 25.5. The summed E-state index contributed by atoms with van der Waals surface area (Å²) in [5.74, 6) is -2.41. The van der Waals surface area contributed by atoms with Crippen LogP contribution in [0, 0.1) is 17.6 Å². The van der Waals surface area contributed by atoms with E-state index in [0.717, 1.165) is 17.8 Å². The second kappa shape index (κ2) is 8.21. The third-order valence-corrected chi connectivity index (χ3v) is 7.58. The number of benzene rings is 1. The molecule has 1 aliphatic heterocycles. The number of halogens is 4. The molecule has 0 saturated heterocycles. The van der Waals surface area contributed by atoms with Crippen molar-refractivity contribution in [3.05, 3.63) is 47.8 Å².